The van der Waals surface area contributed by atoms with Crippen LogP contribution in [0.25, 0.3) is 16.8 Å². The molecule has 0 aromatic heterocycles. The molecule has 0 aliphatic carbocycles. The van der Waals surface area contributed by atoms with E-state index in [9.17, 15) is 14.7 Å². The number of halogens is 1. The van der Waals surface area contributed by atoms with Gasteiger partial charge in [0.05, 0.1) is 22.2 Å². The highest BCUT2D eigenvalue weighted by Gasteiger charge is 2.35. The molecule has 4 aromatic carbocycles. The Hall–Kier alpha value is -3.94. The van der Waals surface area contributed by atoms with Crippen molar-refractivity contribution in [3.05, 3.63) is 106 Å². The molecule has 0 radical (unpaired) electrons. The normalized spacial score (nSPS) is 15.1. The van der Waals surface area contributed by atoms with Crippen molar-refractivity contribution < 1.29 is 14.7 Å². The van der Waals surface area contributed by atoms with E-state index in [4.69, 9.17) is 11.6 Å². The van der Waals surface area contributed by atoms with Gasteiger partial charge >= 0.3 is 0 Å². The predicted octanol–water partition coefficient (Wildman–Crippen LogP) is 7.85. The molecule has 0 atom stereocenters. The molecule has 4 aromatic rings. The molecule has 0 bridgehead atoms. The number of phenols is 1. The summed E-state index contributed by atoms with van der Waals surface area (Å²) in [7, 11) is 0. The number of rotatable bonds is 5. The van der Waals surface area contributed by atoms with Gasteiger partial charge in [-0.1, -0.05) is 66.2 Å². The molecule has 1 aliphatic rings. The van der Waals surface area contributed by atoms with Crippen molar-refractivity contribution in [3.63, 3.8) is 0 Å². The molecule has 35 heavy (non-hydrogen) atoms. The van der Waals surface area contributed by atoms with Crippen LogP contribution in [0, 0.1) is 0 Å². The molecule has 1 fully saturated rings. The Morgan fingerprint density at radius 2 is 1.69 bits per heavy atom. The first kappa shape index (κ1) is 22.8. The number of imide groups is 1. The first-order valence-electron chi connectivity index (χ1n) is 10.7. The highest BCUT2D eigenvalue weighted by Crippen LogP contribution is 2.36. The summed E-state index contributed by atoms with van der Waals surface area (Å²) in [6, 6.07) is 25.4. The van der Waals surface area contributed by atoms with Crippen molar-refractivity contribution in [2.45, 2.75) is 6.54 Å². The highest BCUT2D eigenvalue weighted by molar-refractivity contribution is 8.18. The molecular formula is C27H18ClN3O3S. The van der Waals surface area contributed by atoms with Crippen LogP contribution in [0.5, 0.6) is 5.75 Å². The van der Waals surface area contributed by atoms with E-state index in [1.165, 1.54) is 17.0 Å². The zero-order valence-corrected chi connectivity index (χ0v) is 19.8. The Labute approximate surface area is 210 Å². The number of azo groups is 1. The van der Waals surface area contributed by atoms with E-state index >= 15 is 0 Å². The van der Waals surface area contributed by atoms with Crippen molar-refractivity contribution in [2.75, 3.05) is 0 Å². The average molecular weight is 500 g/mol. The Morgan fingerprint density at radius 1 is 0.914 bits per heavy atom. The minimum Gasteiger partial charge on any atom is -0.507 e. The van der Waals surface area contributed by atoms with Gasteiger partial charge in [-0.05, 0) is 64.5 Å². The minimum absolute atomic E-state index is 0.0393. The molecule has 1 saturated heterocycles. The van der Waals surface area contributed by atoms with E-state index in [0.717, 1.165) is 28.1 Å². The van der Waals surface area contributed by atoms with Gasteiger partial charge in [0.1, 0.15) is 11.4 Å². The lowest BCUT2D eigenvalue weighted by atomic mass is 10.0. The van der Waals surface area contributed by atoms with E-state index in [-0.39, 0.29) is 22.4 Å². The Bertz CT molecular complexity index is 1530. The smallest absolute Gasteiger partial charge is 0.293 e. The molecule has 6 nitrogen and oxygen atoms in total. The molecule has 0 saturated carbocycles. The van der Waals surface area contributed by atoms with Crippen molar-refractivity contribution in [1.82, 2.24) is 4.90 Å². The number of amides is 2. The van der Waals surface area contributed by atoms with E-state index in [0.29, 0.717) is 22.0 Å². The lowest BCUT2D eigenvalue weighted by Gasteiger charge is -2.14. The van der Waals surface area contributed by atoms with E-state index in [1.54, 1.807) is 36.4 Å². The van der Waals surface area contributed by atoms with Crippen LogP contribution in [0.4, 0.5) is 16.2 Å². The first-order chi connectivity index (χ1) is 17.0. The van der Waals surface area contributed by atoms with Gasteiger partial charge in [-0.25, -0.2) is 0 Å². The van der Waals surface area contributed by atoms with Crippen LogP contribution >= 0.6 is 23.4 Å². The Kier molecular flexibility index (Phi) is 6.35. The molecule has 172 valence electrons. The SMILES string of the molecule is O=C1S/C(=C\c2cc(N=Nc3ccccc3Cl)ccc2O)C(=O)N1Cc1cccc2ccccc12. The maximum absolute atomic E-state index is 13.1. The predicted molar refractivity (Wildman–Crippen MR) is 139 cm³/mol. The summed E-state index contributed by atoms with van der Waals surface area (Å²) in [5, 5.41) is 20.8. The fourth-order valence-electron chi connectivity index (χ4n) is 3.74. The lowest BCUT2D eigenvalue weighted by Crippen LogP contribution is -2.27. The van der Waals surface area contributed by atoms with Gasteiger partial charge in [-0.2, -0.15) is 5.11 Å². The zero-order valence-electron chi connectivity index (χ0n) is 18.3. The fraction of sp³-hybridized carbons (Fsp3) is 0.0370. The van der Waals surface area contributed by atoms with E-state index < -0.39 is 5.91 Å². The summed E-state index contributed by atoms with van der Waals surface area (Å²) >= 11 is 6.96. The lowest BCUT2D eigenvalue weighted by molar-refractivity contribution is -0.123. The summed E-state index contributed by atoms with van der Waals surface area (Å²) in [6.07, 6.45) is 1.50. The summed E-state index contributed by atoms with van der Waals surface area (Å²) in [5.74, 6) is -0.446. The van der Waals surface area contributed by atoms with Crippen LogP contribution < -0.4 is 0 Å². The largest absolute Gasteiger partial charge is 0.507 e. The number of nitrogens with zero attached hydrogens (tertiary/aromatic N) is 3. The summed E-state index contributed by atoms with van der Waals surface area (Å²) in [6.45, 7) is 0.168. The van der Waals surface area contributed by atoms with Crippen LogP contribution in [0.2, 0.25) is 5.02 Å². The highest BCUT2D eigenvalue weighted by atomic mass is 35.5. The molecule has 8 heteroatoms. The molecule has 1 heterocycles. The van der Waals surface area contributed by atoms with Crippen molar-refractivity contribution in [1.29, 1.82) is 0 Å². The second-order valence-corrected chi connectivity index (χ2v) is 9.20. The summed E-state index contributed by atoms with van der Waals surface area (Å²) in [5.41, 5.74) is 2.22. The van der Waals surface area contributed by atoms with Crippen molar-refractivity contribution in [3.8, 4) is 5.75 Å². The van der Waals surface area contributed by atoms with Crippen LogP contribution in [-0.4, -0.2) is 21.2 Å². The summed E-state index contributed by atoms with van der Waals surface area (Å²) in [4.78, 5) is 27.2. The number of aromatic hydroxyl groups is 1. The average Bonchev–Trinajstić information content (AvgIpc) is 3.13. The first-order valence-corrected chi connectivity index (χ1v) is 11.9. The standard InChI is InChI=1S/C27H18ClN3O3S/c28-22-10-3-4-11-23(22)30-29-20-12-13-24(32)19(14-20)15-25-26(33)31(27(34)35-25)16-18-8-5-7-17-6-1-2-9-21(17)18/h1-15,32H,16H2/b25-15-,30-29?. The molecule has 2 amide bonds. The molecule has 1 aliphatic heterocycles. The molecule has 5 rings (SSSR count). The van der Waals surface area contributed by atoms with Gasteiger partial charge in [-0.15, -0.1) is 5.11 Å². The number of fused-ring (bicyclic) bond motifs is 1. The number of benzene rings is 4. The Balaban J connectivity index is 1.40. The molecular weight excluding hydrogens is 482 g/mol. The number of thioether (sulfide) groups is 1. The Morgan fingerprint density at radius 3 is 2.54 bits per heavy atom. The maximum atomic E-state index is 13.1. The van der Waals surface area contributed by atoms with Gasteiger partial charge in [0.15, 0.2) is 0 Å². The van der Waals surface area contributed by atoms with Gasteiger partial charge < -0.3 is 5.11 Å². The third-order valence-corrected chi connectivity index (χ3v) is 6.73. The van der Waals surface area contributed by atoms with Gasteiger partial charge in [0.25, 0.3) is 11.1 Å². The summed E-state index contributed by atoms with van der Waals surface area (Å²) < 4.78 is 0. The second kappa shape index (κ2) is 9.74. The third kappa shape index (κ3) is 4.82. The van der Waals surface area contributed by atoms with E-state index in [1.807, 2.05) is 42.5 Å². The topological polar surface area (TPSA) is 82.3 Å². The van der Waals surface area contributed by atoms with Gasteiger partial charge in [-0.3, -0.25) is 14.5 Å². The molecule has 1 N–H and O–H groups in total. The van der Waals surface area contributed by atoms with E-state index in [2.05, 4.69) is 10.2 Å². The van der Waals surface area contributed by atoms with Crippen molar-refractivity contribution in [2.24, 2.45) is 10.2 Å². The minimum atomic E-state index is -0.407. The maximum Gasteiger partial charge on any atom is 0.293 e. The van der Waals surface area contributed by atoms with Crippen LogP contribution in [0.1, 0.15) is 11.1 Å². The number of hydrogen-bond acceptors (Lipinski definition) is 6. The second-order valence-electron chi connectivity index (χ2n) is 7.80. The van der Waals surface area contributed by atoms with Gasteiger partial charge in [0.2, 0.25) is 0 Å². The quantitative estimate of drug-likeness (QED) is 0.224. The number of phenolic OH excluding ortho intramolecular Hbond substituents is 1. The number of carbonyl (C=O) groups excluding carboxylic acids is 2. The third-order valence-electron chi connectivity index (χ3n) is 5.51. The van der Waals surface area contributed by atoms with Crippen molar-refractivity contribution >= 4 is 62.7 Å². The van der Waals surface area contributed by atoms with Crippen LogP contribution in [0.15, 0.2) is 100 Å². The van der Waals surface area contributed by atoms with Gasteiger partial charge in [0, 0.05) is 5.56 Å². The van der Waals surface area contributed by atoms with Crippen LogP contribution in [-0.2, 0) is 11.3 Å². The molecule has 0 unspecified atom stereocenters. The zero-order chi connectivity index (χ0) is 24.4. The molecule has 0 spiro atoms. The number of carbonyl (C=O) groups is 2. The fourth-order valence-corrected chi connectivity index (χ4v) is 4.75. The number of hydrogen-bond donors (Lipinski definition) is 1. The van der Waals surface area contributed by atoms with Crippen LogP contribution in [0.3, 0.4) is 0 Å². The monoisotopic (exact) mass is 499 g/mol.